The first-order chi connectivity index (χ1) is 9.67. The molecule has 0 aliphatic carbocycles. The summed E-state index contributed by atoms with van der Waals surface area (Å²) in [6.45, 7) is 4.40. The average Bonchev–Trinajstić information content (AvgIpc) is 2.91. The molecule has 1 aromatic heterocycles. The molecular weight excluding hydrogens is 254 g/mol. The number of aromatic nitrogens is 2. The van der Waals surface area contributed by atoms with E-state index in [4.69, 9.17) is 0 Å². The number of anilines is 1. The van der Waals surface area contributed by atoms with Crippen LogP contribution in [0.2, 0.25) is 0 Å². The monoisotopic (exact) mass is 271 g/mol. The van der Waals surface area contributed by atoms with Crippen LogP contribution in [-0.2, 0) is 11.3 Å². The maximum absolute atomic E-state index is 11.3. The third kappa shape index (κ3) is 2.93. The molecule has 0 atom stereocenters. The first-order valence-electron chi connectivity index (χ1n) is 6.61. The van der Waals surface area contributed by atoms with Crippen molar-refractivity contribution in [2.75, 3.05) is 5.32 Å². The Morgan fingerprint density at radius 1 is 1.30 bits per heavy atom. The van der Waals surface area contributed by atoms with E-state index in [0.717, 1.165) is 23.2 Å². The van der Waals surface area contributed by atoms with Gasteiger partial charge in [0.1, 0.15) is 5.69 Å². The zero-order valence-corrected chi connectivity index (χ0v) is 11.6. The van der Waals surface area contributed by atoms with Gasteiger partial charge in [-0.3, -0.25) is 14.3 Å². The Balaban J connectivity index is 2.23. The Hall–Kier alpha value is -2.43. The van der Waals surface area contributed by atoms with Crippen molar-refractivity contribution in [2.24, 2.45) is 0 Å². The third-order valence-corrected chi connectivity index (χ3v) is 3.02. The number of nitrogens with one attached hydrogen (secondary N) is 1. The fourth-order valence-corrected chi connectivity index (χ4v) is 1.89. The molecule has 0 fully saturated rings. The molecular formula is C15H17N3O2. The van der Waals surface area contributed by atoms with Gasteiger partial charge in [-0.1, -0.05) is 19.1 Å². The molecule has 1 aromatic carbocycles. The highest BCUT2D eigenvalue weighted by molar-refractivity contribution is 5.90. The molecule has 20 heavy (non-hydrogen) atoms. The van der Waals surface area contributed by atoms with Crippen molar-refractivity contribution in [1.82, 2.24) is 9.78 Å². The minimum absolute atomic E-state index is 0.0174. The van der Waals surface area contributed by atoms with Gasteiger partial charge in [0, 0.05) is 24.2 Å². The van der Waals surface area contributed by atoms with Crippen molar-refractivity contribution < 1.29 is 9.59 Å². The first-order valence-corrected chi connectivity index (χ1v) is 6.61. The summed E-state index contributed by atoms with van der Waals surface area (Å²) in [5, 5.41) is 7.16. The van der Waals surface area contributed by atoms with Gasteiger partial charge in [0.15, 0.2) is 6.29 Å². The maximum atomic E-state index is 11.3. The van der Waals surface area contributed by atoms with Gasteiger partial charge in [-0.05, 0) is 25.1 Å². The van der Waals surface area contributed by atoms with E-state index in [0.29, 0.717) is 18.7 Å². The normalized spacial score (nSPS) is 10.3. The van der Waals surface area contributed by atoms with Gasteiger partial charge in [0.05, 0.1) is 5.69 Å². The quantitative estimate of drug-likeness (QED) is 0.850. The van der Waals surface area contributed by atoms with Crippen molar-refractivity contribution in [3.63, 3.8) is 0 Å². The van der Waals surface area contributed by atoms with Crippen molar-refractivity contribution in [2.45, 2.75) is 26.8 Å². The summed E-state index contributed by atoms with van der Waals surface area (Å²) in [6.07, 6.45) is 1.25. The van der Waals surface area contributed by atoms with Crippen LogP contribution in [0.15, 0.2) is 30.3 Å². The smallest absolute Gasteiger partial charge is 0.224 e. The molecule has 5 heteroatoms. The molecule has 2 aromatic rings. The van der Waals surface area contributed by atoms with Gasteiger partial charge in [-0.2, -0.15) is 5.10 Å². The van der Waals surface area contributed by atoms with Crippen molar-refractivity contribution >= 4 is 17.9 Å². The van der Waals surface area contributed by atoms with Gasteiger partial charge in [-0.25, -0.2) is 0 Å². The molecule has 0 spiro atoms. The minimum Gasteiger partial charge on any atom is -0.326 e. The molecule has 0 unspecified atom stereocenters. The van der Waals surface area contributed by atoms with Crippen LogP contribution >= 0.6 is 0 Å². The topological polar surface area (TPSA) is 64.0 Å². The summed E-state index contributed by atoms with van der Waals surface area (Å²) in [7, 11) is 0. The summed E-state index contributed by atoms with van der Waals surface area (Å²) in [5.41, 5.74) is 2.98. The van der Waals surface area contributed by atoms with Crippen LogP contribution in [0.1, 0.15) is 30.8 Å². The lowest BCUT2D eigenvalue weighted by atomic mass is 10.1. The molecule has 2 rings (SSSR count). The predicted octanol–water partition coefficient (Wildman–Crippen LogP) is 2.73. The van der Waals surface area contributed by atoms with Crippen molar-refractivity contribution in [3.8, 4) is 11.3 Å². The maximum Gasteiger partial charge on any atom is 0.224 e. The Bertz CT molecular complexity index is 615. The van der Waals surface area contributed by atoms with Crippen LogP contribution < -0.4 is 5.32 Å². The number of carbonyl (C=O) groups is 2. The standard InChI is InChI=1S/C15H17N3O2/c1-3-15(20)16-12-7-5-11(6-8-12)14-9-13(10-19)18(4-2)17-14/h5-10H,3-4H2,1-2H3,(H,16,20). The van der Waals surface area contributed by atoms with E-state index in [1.54, 1.807) is 10.7 Å². The molecule has 0 saturated heterocycles. The Kier molecular flexibility index (Phi) is 4.30. The second-order valence-electron chi connectivity index (χ2n) is 4.37. The zero-order valence-electron chi connectivity index (χ0n) is 11.6. The molecule has 5 nitrogen and oxygen atoms in total. The number of benzene rings is 1. The van der Waals surface area contributed by atoms with E-state index >= 15 is 0 Å². The second kappa shape index (κ2) is 6.14. The van der Waals surface area contributed by atoms with Gasteiger partial charge >= 0.3 is 0 Å². The molecule has 1 amide bonds. The summed E-state index contributed by atoms with van der Waals surface area (Å²) >= 11 is 0. The van der Waals surface area contributed by atoms with Crippen LogP contribution in [0.5, 0.6) is 0 Å². The minimum atomic E-state index is -0.0174. The van der Waals surface area contributed by atoms with E-state index < -0.39 is 0 Å². The van der Waals surface area contributed by atoms with E-state index in [1.165, 1.54) is 0 Å². The molecule has 0 radical (unpaired) electrons. The number of nitrogens with zero attached hydrogens (tertiary/aromatic N) is 2. The molecule has 0 aliphatic heterocycles. The molecule has 0 saturated carbocycles. The fourth-order valence-electron chi connectivity index (χ4n) is 1.89. The summed E-state index contributed by atoms with van der Waals surface area (Å²) in [5.74, 6) is -0.0174. The van der Waals surface area contributed by atoms with Crippen LogP contribution in [0, 0.1) is 0 Å². The molecule has 0 bridgehead atoms. The largest absolute Gasteiger partial charge is 0.326 e. The lowest BCUT2D eigenvalue weighted by Crippen LogP contribution is -2.09. The zero-order chi connectivity index (χ0) is 14.5. The number of amides is 1. The van der Waals surface area contributed by atoms with Crippen molar-refractivity contribution in [3.05, 3.63) is 36.0 Å². The highest BCUT2D eigenvalue weighted by Gasteiger charge is 2.08. The van der Waals surface area contributed by atoms with Gasteiger partial charge in [-0.15, -0.1) is 0 Å². The molecule has 0 aliphatic rings. The Labute approximate surface area is 117 Å². The first kappa shape index (κ1) is 14.0. The molecule has 1 heterocycles. The van der Waals surface area contributed by atoms with E-state index in [2.05, 4.69) is 10.4 Å². The molecule has 104 valence electrons. The Morgan fingerprint density at radius 3 is 2.50 bits per heavy atom. The number of aryl methyl sites for hydroxylation is 1. The second-order valence-corrected chi connectivity index (χ2v) is 4.37. The fraction of sp³-hybridized carbons (Fsp3) is 0.267. The lowest BCUT2D eigenvalue weighted by molar-refractivity contribution is -0.115. The Morgan fingerprint density at radius 2 is 2.00 bits per heavy atom. The number of hydrogen-bond acceptors (Lipinski definition) is 3. The summed E-state index contributed by atoms with van der Waals surface area (Å²) in [4.78, 5) is 22.2. The van der Waals surface area contributed by atoms with Gasteiger partial charge < -0.3 is 5.32 Å². The number of carbonyl (C=O) groups excluding carboxylic acids is 2. The summed E-state index contributed by atoms with van der Waals surface area (Å²) in [6, 6.07) is 9.17. The number of aldehydes is 1. The predicted molar refractivity (Wildman–Crippen MR) is 77.6 cm³/mol. The van der Waals surface area contributed by atoms with E-state index in [9.17, 15) is 9.59 Å². The van der Waals surface area contributed by atoms with E-state index in [-0.39, 0.29) is 5.91 Å². The SMILES string of the molecule is CCC(=O)Nc1ccc(-c2cc(C=O)n(CC)n2)cc1. The average molecular weight is 271 g/mol. The molecule has 1 N–H and O–H groups in total. The third-order valence-electron chi connectivity index (χ3n) is 3.02. The van der Waals surface area contributed by atoms with E-state index in [1.807, 2.05) is 38.1 Å². The number of rotatable bonds is 5. The van der Waals surface area contributed by atoms with Gasteiger partial charge in [0.2, 0.25) is 5.91 Å². The number of hydrogen-bond donors (Lipinski definition) is 1. The highest BCUT2D eigenvalue weighted by atomic mass is 16.1. The van der Waals surface area contributed by atoms with Crippen LogP contribution in [0.25, 0.3) is 11.3 Å². The lowest BCUT2D eigenvalue weighted by Gasteiger charge is -2.04. The van der Waals surface area contributed by atoms with Gasteiger partial charge in [0.25, 0.3) is 0 Å². The van der Waals surface area contributed by atoms with Crippen LogP contribution in [-0.4, -0.2) is 22.0 Å². The van der Waals surface area contributed by atoms with Crippen LogP contribution in [0.3, 0.4) is 0 Å². The summed E-state index contributed by atoms with van der Waals surface area (Å²) < 4.78 is 1.66. The van der Waals surface area contributed by atoms with Crippen LogP contribution in [0.4, 0.5) is 5.69 Å². The highest BCUT2D eigenvalue weighted by Crippen LogP contribution is 2.21. The van der Waals surface area contributed by atoms with Crippen molar-refractivity contribution in [1.29, 1.82) is 0 Å².